The van der Waals surface area contributed by atoms with E-state index in [1.807, 2.05) is 42.5 Å². The Morgan fingerprint density at radius 1 is 1.00 bits per heavy atom. The Hall–Kier alpha value is -2.72. The van der Waals surface area contributed by atoms with Crippen LogP contribution in [0.15, 0.2) is 66.7 Å². The standard InChI is InChI=1S/C21H20ClNO3/c1-15(26-20-9-6-16-4-2-3-5-17(16)14-20)21(24)23-12-13-25-19-10-7-18(22)8-11-19/h2-11,14-15H,12-13H2,1H3,(H,23,24). The van der Waals surface area contributed by atoms with Crippen molar-refractivity contribution in [3.05, 3.63) is 71.8 Å². The predicted octanol–water partition coefficient (Wildman–Crippen LogP) is 4.46. The van der Waals surface area contributed by atoms with Crippen LogP contribution in [0, 0.1) is 0 Å². The molecule has 5 heteroatoms. The Bertz CT molecular complexity index is 880. The normalized spacial score (nSPS) is 11.8. The van der Waals surface area contributed by atoms with Crippen molar-refractivity contribution in [2.45, 2.75) is 13.0 Å². The highest BCUT2D eigenvalue weighted by Gasteiger charge is 2.14. The van der Waals surface area contributed by atoms with Gasteiger partial charge in [0.2, 0.25) is 0 Å². The first-order chi connectivity index (χ1) is 12.6. The van der Waals surface area contributed by atoms with Gasteiger partial charge in [0, 0.05) is 5.02 Å². The summed E-state index contributed by atoms with van der Waals surface area (Å²) < 4.78 is 11.3. The summed E-state index contributed by atoms with van der Waals surface area (Å²) in [7, 11) is 0. The molecule has 3 aromatic rings. The van der Waals surface area contributed by atoms with Crippen LogP contribution in [0.25, 0.3) is 10.8 Å². The fourth-order valence-corrected chi connectivity index (χ4v) is 2.64. The average Bonchev–Trinajstić information content (AvgIpc) is 2.66. The summed E-state index contributed by atoms with van der Waals surface area (Å²) in [5.41, 5.74) is 0. The highest BCUT2D eigenvalue weighted by molar-refractivity contribution is 6.30. The number of hydrogen-bond donors (Lipinski definition) is 1. The molecule has 1 N–H and O–H groups in total. The number of ether oxygens (including phenoxy) is 2. The van der Waals surface area contributed by atoms with E-state index in [1.165, 1.54) is 0 Å². The number of hydrogen-bond acceptors (Lipinski definition) is 3. The Labute approximate surface area is 157 Å². The van der Waals surface area contributed by atoms with E-state index in [0.717, 1.165) is 10.8 Å². The molecule has 1 amide bonds. The lowest BCUT2D eigenvalue weighted by atomic mass is 10.1. The van der Waals surface area contributed by atoms with Gasteiger partial charge in [-0.2, -0.15) is 0 Å². The monoisotopic (exact) mass is 369 g/mol. The summed E-state index contributed by atoms with van der Waals surface area (Å²) in [4.78, 5) is 12.2. The highest BCUT2D eigenvalue weighted by atomic mass is 35.5. The van der Waals surface area contributed by atoms with Crippen LogP contribution in [0.2, 0.25) is 5.02 Å². The molecule has 0 aliphatic rings. The van der Waals surface area contributed by atoms with Gasteiger partial charge in [-0.25, -0.2) is 0 Å². The van der Waals surface area contributed by atoms with Gasteiger partial charge in [-0.05, 0) is 54.1 Å². The van der Waals surface area contributed by atoms with Crippen LogP contribution in [-0.2, 0) is 4.79 Å². The van der Waals surface area contributed by atoms with Crippen molar-refractivity contribution in [1.82, 2.24) is 5.32 Å². The zero-order valence-electron chi connectivity index (χ0n) is 14.4. The molecule has 134 valence electrons. The minimum atomic E-state index is -0.591. The molecule has 0 saturated heterocycles. The molecule has 0 aromatic heterocycles. The highest BCUT2D eigenvalue weighted by Crippen LogP contribution is 2.21. The van der Waals surface area contributed by atoms with Gasteiger partial charge < -0.3 is 14.8 Å². The number of halogens is 1. The van der Waals surface area contributed by atoms with Gasteiger partial charge in [0.25, 0.3) is 5.91 Å². The molecule has 0 aliphatic carbocycles. The topological polar surface area (TPSA) is 47.6 Å². The van der Waals surface area contributed by atoms with Crippen molar-refractivity contribution in [2.75, 3.05) is 13.2 Å². The number of amides is 1. The molecule has 4 nitrogen and oxygen atoms in total. The molecular formula is C21H20ClNO3. The van der Waals surface area contributed by atoms with Crippen molar-refractivity contribution in [3.8, 4) is 11.5 Å². The van der Waals surface area contributed by atoms with Crippen LogP contribution in [0.1, 0.15) is 6.92 Å². The first kappa shape index (κ1) is 18.1. The molecule has 0 bridgehead atoms. The van der Waals surface area contributed by atoms with Crippen LogP contribution >= 0.6 is 11.6 Å². The molecule has 1 unspecified atom stereocenters. The largest absolute Gasteiger partial charge is 0.492 e. The second-order valence-corrected chi connectivity index (χ2v) is 6.30. The molecular weight excluding hydrogens is 350 g/mol. The molecule has 0 heterocycles. The van der Waals surface area contributed by atoms with Crippen LogP contribution in [0.3, 0.4) is 0 Å². The summed E-state index contributed by atoms with van der Waals surface area (Å²) in [6, 6.07) is 20.9. The summed E-state index contributed by atoms with van der Waals surface area (Å²) in [6.07, 6.45) is -0.591. The van der Waals surface area contributed by atoms with Crippen LogP contribution < -0.4 is 14.8 Å². The van der Waals surface area contributed by atoms with E-state index in [2.05, 4.69) is 5.32 Å². The van der Waals surface area contributed by atoms with Gasteiger partial charge in [-0.3, -0.25) is 4.79 Å². The van der Waals surface area contributed by atoms with Gasteiger partial charge >= 0.3 is 0 Å². The van der Waals surface area contributed by atoms with E-state index in [1.54, 1.807) is 31.2 Å². The minimum absolute atomic E-state index is 0.183. The maximum Gasteiger partial charge on any atom is 0.260 e. The summed E-state index contributed by atoms with van der Waals surface area (Å²) in [5, 5.41) is 5.68. The molecule has 0 aliphatic heterocycles. The van der Waals surface area contributed by atoms with E-state index in [-0.39, 0.29) is 5.91 Å². The van der Waals surface area contributed by atoms with Crippen LogP contribution in [-0.4, -0.2) is 25.2 Å². The van der Waals surface area contributed by atoms with Gasteiger partial charge in [0.1, 0.15) is 18.1 Å². The molecule has 0 fully saturated rings. The maximum atomic E-state index is 12.2. The summed E-state index contributed by atoms with van der Waals surface area (Å²) in [6.45, 7) is 2.49. The van der Waals surface area contributed by atoms with Crippen molar-refractivity contribution in [2.24, 2.45) is 0 Å². The third-order valence-corrected chi connectivity index (χ3v) is 4.14. The Morgan fingerprint density at radius 3 is 2.46 bits per heavy atom. The van der Waals surface area contributed by atoms with Gasteiger partial charge in [0.05, 0.1) is 6.54 Å². The fourth-order valence-electron chi connectivity index (χ4n) is 2.52. The van der Waals surface area contributed by atoms with E-state index >= 15 is 0 Å². The third kappa shape index (κ3) is 4.90. The molecule has 26 heavy (non-hydrogen) atoms. The van der Waals surface area contributed by atoms with Crippen molar-refractivity contribution in [3.63, 3.8) is 0 Å². The maximum absolute atomic E-state index is 12.2. The van der Waals surface area contributed by atoms with E-state index in [4.69, 9.17) is 21.1 Å². The fraction of sp³-hybridized carbons (Fsp3) is 0.190. The summed E-state index contributed by atoms with van der Waals surface area (Å²) >= 11 is 5.82. The van der Waals surface area contributed by atoms with E-state index in [9.17, 15) is 4.79 Å². The van der Waals surface area contributed by atoms with Crippen LogP contribution in [0.4, 0.5) is 0 Å². The van der Waals surface area contributed by atoms with Crippen molar-refractivity contribution in [1.29, 1.82) is 0 Å². The number of carbonyl (C=O) groups excluding carboxylic acids is 1. The molecule has 1 atom stereocenters. The molecule has 0 saturated carbocycles. The Kier molecular flexibility index (Phi) is 5.97. The molecule has 3 rings (SSSR count). The minimum Gasteiger partial charge on any atom is -0.492 e. The molecule has 0 radical (unpaired) electrons. The van der Waals surface area contributed by atoms with Gasteiger partial charge in [0.15, 0.2) is 6.10 Å². The molecule has 3 aromatic carbocycles. The Balaban J connectivity index is 1.45. The smallest absolute Gasteiger partial charge is 0.260 e. The lowest BCUT2D eigenvalue weighted by molar-refractivity contribution is -0.127. The quantitative estimate of drug-likeness (QED) is 0.626. The SMILES string of the molecule is CC(Oc1ccc2ccccc2c1)C(=O)NCCOc1ccc(Cl)cc1. The number of fused-ring (bicyclic) bond motifs is 1. The Morgan fingerprint density at radius 2 is 1.69 bits per heavy atom. The first-order valence-corrected chi connectivity index (χ1v) is 8.81. The van der Waals surface area contributed by atoms with Gasteiger partial charge in [-0.1, -0.05) is 41.9 Å². The summed E-state index contributed by atoms with van der Waals surface area (Å²) in [5.74, 6) is 1.20. The second-order valence-electron chi connectivity index (χ2n) is 5.86. The van der Waals surface area contributed by atoms with Crippen molar-refractivity contribution < 1.29 is 14.3 Å². The zero-order valence-corrected chi connectivity index (χ0v) is 15.2. The number of nitrogens with one attached hydrogen (secondary N) is 1. The average molecular weight is 370 g/mol. The zero-order chi connectivity index (χ0) is 18.4. The number of rotatable bonds is 7. The number of benzene rings is 3. The first-order valence-electron chi connectivity index (χ1n) is 8.43. The second kappa shape index (κ2) is 8.59. The predicted molar refractivity (Wildman–Crippen MR) is 104 cm³/mol. The van der Waals surface area contributed by atoms with E-state index in [0.29, 0.717) is 29.7 Å². The third-order valence-electron chi connectivity index (χ3n) is 3.89. The van der Waals surface area contributed by atoms with Crippen LogP contribution in [0.5, 0.6) is 11.5 Å². The molecule has 0 spiro atoms. The van der Waals surface area contributed by atoms with E-state index < -0.39 is 6.10 Å². The van der Waals surface area contributed by atoms with Crippen molar-refractivity contribution >= 4 is 28.3 Å². The van der Waals surface area contributed by atoms with Gasteiger partial charge in [-0.15, -0.1) is 0 Å². The number of carbonyl (C=O) groups is 1. The lowest BCUT2D eigenvalue weighted by Gasteiger charge is -2.15. The lowest BCUT2D eigenvalue weighted by Crippen LogP contribution is -2.38.